The Morgan fingerprint density at radius 3 is 2.43 bits per heavy atom. The fraction of sp³-hybridized carbons (Fsp3) is 0.333. The summed E-state index contributed by atoms with van der Waals surface area (Å²) in [7, 11) is 1.65. The number of rotatable bonds is 7. The minimum absolute atomic E-state index is 0.0437. The SMILES string of the molecule is CCN(Cc1ccncc1)C(=O)NCCc1ccc(OC)cc1. The van der Waals surface area contributed by atoms with E-state index in [0.29, 0.717) is 19.6 Å². The lowest BCUT2D eigenvalue weighted by molar-refractivity contribution is 0.198. The van der Waals surface area contributed by atoms with Gasteiger partial charge in [0.05, 0.1) is 7.11 Å². The molecule has 0 fully saturated rings. The molecule has 2 rings (SSSR count). The van der Waals surface area contributed by atoms with Crippen LogP contribution in [0.3, 0.4) is 0 Å². The van der Waals surface area contributed by atoms with E-state index < -0.39 is 0 Å². The molecule has 0 aliphatic heterocycles. The number of carbonyl (C=O) groups is 1. The number of urea groups is 1. The predicted octanol–water partition coefficient (Wildman–Crippen LogP) is 2.86. The van der Waals surface area contributed by atoms with Gasteiger partial charge in [0.25, 0.3) is 0 Å². The van der Waals surface area contributed by atoms with Gasteiger partial charge in [-0.3, -0.25) is 4.98 Å². The molecule has 0 radical (unpaired) electrons. The third-order valence-electron chi connectivity index (χ3n) is 3.64. The van der Waals surface area contributed by atoms with Crippen molar-refractivity contribution in [1.82, 2.24) is 15.2 Å². The van der Waals surface area contributed by atoms with E-state index in [2.05, 4.69) is 10.3 Å². The van der Waals surface area contributed by atoms with E-state index in [0.717, 1.165) is 17.7 Å². The second-order valence-electron chi connectivity index (χ2n) is 5.20. The highest BCUT2D eigenvalue weighted by molar-refractivity contribution is 5.74. The first-order valence-electron chi connectivity index (χ1n) is 7.77. The predicted molar refractivity (Wildman–Crippen MR) is 90.4 cm³/mol. The summed E-state index contributed by atoms with van der Waals surface area (Å²) in [6.45, 7) is 3.84. The van der Waals surface area contributed by atoms with E-state index in [-0.39, 0.29) is 6.03 Å². The van der Waals surface area contributed by atoms with Gasteiger partial charge in [-0.05, 0) is 48.7 Å². The minimum atomic E-state index is -0.0437. The number of aromatic nitrogens is 1. The maximum atomic E-state index is 12.2. The molecule has 0 aliphatic carbocycles. The topological polar surface area (TPSA) is 54.5 Å². The van der Waals surface area contributed by atoms with Crippen LogP contribution in [0.5, 0.6) is 5.75 Å². The lowest BCUT2D eigenvalue weighted by atomic mass is 10.1. The van der Waals surface area contributed by atoms with Crippen molar-refractivity contribution in [2.24, 2.45) is 0 Å². The molecule has 2 aromatic rings. The Labute approximate surface area is 137 Å². The van der Waals surface area contributed by atoms with Crippen LogP contribution in [-0.4, -0.2) is 36.1 Å². The Bertz CT molecular complexity index is 599. The van der Waals surface area contributed by atoms with Gasteiger partial charge >= 0.3 is 6.03 Å². The molecule has 2 amide bonds. The summed E-state index contributed by atoms with van der Waals surface area (Å²) in [6.07, 6.45) is 4.28. The van der Waals surface area contributed by atoms with Crippen LogP contribution >= 0.6 is 0 Å². The van der Waals surface area contributed by atoms with Crippen LogP contribution in [0.1, 0.15) is 18.1 Å². The Kier molecular flexibility index (Phi) is 6.41. The molecule has 1 aromatic heterocycles. The van der Waals surface area contributed by atoms with Gasteiger partial charge in [0.2, 0.25) is 0 Å². The number of nitrogens with zero attached hydrogens (tertiary/aromatic N) is 2. The monoisotopic (exact) mass is 313 g/mol. The van der Waals surface area contributed by atoms with Gasteiger partial charge in [0, 0.05) is 32.0 Å². The highest BCUT2D eigenvalue weighted by atomic mass is 16.5. The zero-order valence-electron chi connectivity index (χ0n) is 13.7. The molecule has 5 heteroatoms. The Balaban J connectivity index is 1.80. The molecule has 122 valence electrons. The number of ether oxygens (including phenoxy) is 1. The van der Waals surface area contributed by atoms with Crippen LogP contribution in [0.15, 0.2) is 48.8 Å². The summed E-state index contributed by atoms with van der Waals surface area (Å²) >= 11 is 0. The van der Waals surface area contributed by atoms with Gasteiger partial charge in [-0.25, -0.2) is 4.79 Å². The molecule has 0 saturated heterocycles. The second-order valence-corrected chi connectivity index (χ2v) is 5.20. The lowest BCUT2D eigenvalue weighted by Gasteiger charge is -2.21. The molecule has 0 aliphatic rings. The number of amides is 2. The molecule has 1 N–H and O–H groups in total. The first kappa shape index (κ1) is 16.8. The molecule has 0 atom stereocenters. The van der Waals surface area contributed by atoms with Crippen molar-refractivity contribution in [1.29, 1.82) is 0 Å². The Morgan fingerprint density at radius 2 is 1.83 bits per heavy atom. The van der Waals surface area contributed by atoms with Gasteiger partial charge in [0.1, 0.15) is 5.75 Å². The molecular formula is C18H23N3O2. The van der Waals surface area contributed by atoms with Gasteiger partial charge in [0.15, 0.2) is 0 Å². The van der Waals surface area contributed by atoms with E-state index in [9.17, 15) is 4.79 Å². The third kappa shape index (κ3) is 5.29. The Morgan fingerprint density at radius 1 is 1.13 bits per heavy atom. The fourth-order valence-electron chi connectivity index (χ4n) is 2.25. The van der Waals surface area contributed by atoms with E-state index in [1.54, 1.807) is 24.4 Å². The number of hydrogen-bond donors (Lipinski definition) is 1. The average molecular weight is 313 g/mol. The molecule has 0 unspecified atom stereocenters. The normalized spacial score (nSPS) is 10.2. The largest absolute Gasteiger partial charge is 0.497 e. The standard InChI is InChI=1S/C18H23N3O2/c1-3-21(14-16-8-11-19-12-9-16)18(22)20-13-10-15-4-6-17(23-2)7-5-15/h4-9,11-12H,3,10,13-14H2,1-2H3,(H,20,22). The van der Waals surface area contributed by atoms with E-state index in [4.69, 9.17) is 4.74 Å². The van der Waals surface area contributed by atoms with Crippen molar-refractivity contribution in [2.45, 2.75) is 19.9 Å². The molecule has 0 bridgehead atoms. The van der Waals surface area contributed by atoms with E-state index in [1.807, 2.05) is 43.3 Å². The number of pyridine rings is 1. The maximum Gasteiger partial charge on any atom is 0.317 e. The number of hydrogen-bond acceptors (Lipinski definition) is 3. The van der Waals surface area contributed by atoms with Crippen molar-refractivity contribution in [3.05, 3.63) is 59.9 Å². The molecule has 23 heavy (non-hydrogen) atoms. The van der Waals surface area contributed by atoms with Crippen LogP contribution in [0, 0.1) is 0 Å². The van der Waals surface area contributed by atoms with Gasteiger partial charge in [-0.1, -0.05) is 12.1 Å². The van der Waals surface area contributed by atoms with Crippen molar-refractivity contribution < 1.29 is 9.53 Å². The molecule has 1 heterocycles. The number of benzene rings is 1. The smallest absolute Gasteiger partial charge is 0.317 e. The van der Waals surface area contributed by atoms with Gasteiger partial charge < -0.3 is 15.0 Å². The van der Waals surface area contributed by atoms with Crippen molar-refractivity contribution in [3.8, 4) is 5.75 Å². The van der Waals surface area contributed by atoms with Crippen molar-refractivity contribution in [2.75, 3.05) is 20.2 Å². The fourth-order valence-corrected chi connectivity index (χ4v) is 2.25. The van der Waals surface area contributed by atoms with Gasteiger partial charge in [-0.15, -0.1) is 0 Å². The first-order chi connectivity index (χ1) is 11.2. The highest BCUT2D eigenvalue weighted by Crippen LogP contribution is 2.11. The number of nitrogens with one attached hydrogen (secondary N) is 1. The Hall–Kier alpha value is -2.56. The summed E-state index contributed by atoms with van der Waals surface area (Å²) in [6, 6.07) is 11.7. The molecule has 1 aromatic carbocycles. The maximum absolute atomic E-state index is 12.2. The van der Waals surface area contributed by atoms with Crippen LogP contribution in [0.4, 0.5) is 4.79 Å². The van der Waals surface area contributed by atoms with Crippen LogP contribution in [0.25, 0.3) is 0 Å². The van der Waals surface area contributed by atoms with E-state index in [1.165, 1.54) is 5.56 Å². The minimum Gasteiger partial charge on any atom is -0.497 e. The van der Waals surface area contributed by atoms with Crippen LogP contribution in [-0.2, 0) is 13.0 Å². The highest BCUT2D eigenvalue weighted by Gasteiger charge is 2.11. The average Bonchev–Trinajstić information content (AvgIpc) is 2.61. The molecular weight excluding hydrogens is 290 g/mol. The zero-order valence-corrected chi connectivity index (χ0v) is 13.7. The van der Waals surface area contributed by atoms with Crippen molar-refractivity contribution in [3.63, 3.8) is 0 Å². The number of carbonyl (C=O) groups excluding carboxylic acids is 1. The summed E-state index contributed by atoms with van der Waals surface area (Å²) in [5, 5.41) is 2.97. The third-order valence-corrected chi connectivity index (χ3v) is 3.64. The van der Waals surface area contributed by atoms with Crippen molar-refractivity contribution >= 4 is 6.03 Å². The van der Waals surface area contributed by atoms with Gasteiger partial charge in [-0.2, -0.15) is 0 Å². The first-order valence-corrected chi connectivity index (χ1v) is 7.77. The molecule has 0 spiro atoms. The summed E-state index contributed by atoms with van der Waals surface area (Å²) in [4.78, 5) is 18.0. The summed E-state index contributed by atoms with van der Waals surface area (Å²) in [5.41, 5.74) is 2.25. The second kappa shape index (κ2) is 8.78. The van der Waals surface area contributed by atoms with E-state index >= 15 is 0 Å². The number of methoxy groups -OCH3 is 1. The summed E-state index contributed by atoms with van der Waals surface area (Å²) in [5.74, 6) is 0.840. The quantitative estimate of drug-likeness (QED) is 0.855. The van der Waals surface area contributed by atoms with Crippen LogP contribution in [0.2, 0.25) is 0 Å². The molecule has 5 nitrogen and oxygen atoms in total. The summed E-state index contributed by atoms with van der Waals surface area (Å²) < 4.78 is 5.13. The lowest BCUT2D eigenvalue weighted by Crippen LogP contribution is -2.40. The zero-order chi connectivity index (χ0) is 16.5. The van der Waals surface area contributed by atoms with Crippen LogP contribution < -0.4 is 10.1 Å². The molecule has 0 saturated carbocycles.